The highest BCUT2D eigenvalue weighted by Gasteiger charge is 2.41. The normalized spacial score (nSPS) is 19.8. The van der Waals surface area contributed by atoms with Gasteiger partial charge in [0.2, 0.25) is 6.79 Å². The Kier molecular flexibility index (Phi) is 2.24. The Labute approximate surface area is 99.2 Å². The zero-order valence-electron chi connectivity index (χ0n) is 9.44. The van der Waals surface area contributed by atoms with E-state index < -0.39 is 5.97 Å². The summed E-state index contributed by atoms with van der Waals surface area (Å²) in [5, 5.41) is 9.01. The molecule has 1 N–H and O–H groups in total. The molecule has 3 rings (SSSR count). The van der Waals surface area contributed by atoms with E-state index in [0.717, 1.165) is 36.3 Å². The van der Waals surface area contributed by atoms with E-state index in [-0.39, 0.29) is 18.6 Å². The van der Waals surface area contributed by atoms with Gasteiger partial charge >= 0.3 is 5.97 Å². The zero-order chi connectivity index (χ0) is 11.9. The van der Waals surface area contributed by atoms with Crippen LogP contribution in [-0.4, -0.2) is 17.9 Å². The molecule has 1 saturated carbocycles. The molecule has 0 spiro atoms. The number of fused-ring (bicyclic) bond motifs is 1. The average molecular weight is 234 g/mol. The van der Waals surface area contributed by atoms with Crippen molar-refractivity contribution < 1.29 is 19.4 Å². The lowest BCUT2D eigenvalue weighted by molar-refractivity contribution is -0.139. The van der Waals surface area contributed by atoms with E-state index in [1.165, 1.54) is 0 Å². The van der Waals surface area contributed by atoms with Crippen LogP contribution >= 0.6 is 0 Å². The Hall–Kier alpha value is -1.71. The standard InChI is InChI=1S/C13H14O4/c14-12(15)7-13(4-1-5-13)9-2-3-10-11(6-9)17-8-16-10/h2-3,6H,1,4-5,7-8H2,(H,14,15). The van der Waals surface area contributed by atoms with Crippen LogP contribution in [0.1, 0.15) is 31.2 Å². The molecule has 0 unspecified atom stereocenters. The summed E-state index contributed by atoms with van der Waals surface area (Å²) >= 11 is 0. The third-order valence-corrected chi connectivity index (χ3v) is 3.79. The minimum atomic E-state index is -0.734. The maximum Gasteiger partial charge on any atom is 0.304 e. The first-order valence-corrected chi connectivity index (χ1v) is 5.82. The van der Waals surface area contributed by atoms with E-state index in [0.29, 0.717) is 0 Å². The summed E-state index contributed by atoms with van der Waals surface area (Å²) in [4.78, 5) is 11.0. The van der Waals surface area contributed by atoms with E-state index in [1.54, 1.807) is 0 Å². The third-order valence-electron chi connectivity index (χ3n) is 3.79. The highest BCUT2D eigenvalue weighted by molar-refractivity contribution is 5.69. The molecular weight excluding hydrogens is 220 g/mol. The predicted molar refractivity (Wildman–Crippen MR) is 60.3 cm³/mol. The number of aliphatic carboxylic acids is 1. The first-order chi connectivity index (χ1) is 8.20. The van der Waals surface area contributed by atoms with Crippen LogP contribution in [0.4, 0.5) is 0 Å². The Morgan fingerprint density at radius 2 is 2.06 bits per heavy atom. The third kappa shape index (κ3) is 1.64. The van der Waals surface area contributed by atoms with Crippen LogP contribution in [0, 0.1) is 0 Å². The fourth-order valence-electron chi connectivity index (χ4n) is 2.69. The molecule has 0 saturated heterocycles. The summed E-state index contributed by atoms with van der Waals surface area (Å²) in [6.07, 6.45) is 3.19. The molecule has 4 nitrogen and oxygen atoms in total. The lowest BCUT2D eigenvalue weighted by atomic mass is 9.62. The molecule has 17 heavy (non-hydrogen) atoms. The molecule has 0 radical (unpaired) electrons. The number of carboxylic acid groups (broad SMARTS) is 1. The monoisotopic (exact) mass is 234 g/mol. The molecule has 1 aliphatic carbocycles. The SMILES string of the molecule is O=C(O)CC1(c2ccc3c(c2)OCO3)CCC1. The first-order valence-electron chi connectivity index (χ1n) is 5.82. The zero-order valence-corrected chi connectivity index (χ0v) is 9.44. The molecule has 0 aromatic heterocycles. The molecule has 4 heteroatoms. The number of rotatable bonds is 3. The molecule has 1 aliphatic heterocycles. The maximum absolute atomic E-state index is 11.0. The highest BCUT2D eigenvalue weighted by Crippen LogP contribution is 2.48. The van der Waals surface area contributed by atoms with Crippen LogP contribution in [0.5, 0.6) is 11.5 Å². The fraction of sp³-hybridized carbons (Fsp3) is 0.462. The van der Waals surface area contributed by atoms with Crippen molar-refractivity contribution in [1.82, 2.24) is 0 Å². The van der Waals surface area contributed by atoms with Crippen molar-refractivity contribution in [1.29, 1.82) is 0 Å². The minimum absolute atomic E-state index is 0.188. The van der Waals surface area contributed by atoms with Crippen LogP contribution in [0.15, 0.2) is 18.2 Å². The summed E-state index contributed by atoms with van der Waals surface area (Å²) in [6, 6.07) is 5.78. The molecule has 90 valence electrons. The van der Waals surface area contributed by atoms with Crippen molar-refractivity contribution in [3.63, 3.8) is 0 Å². The molecule has 1 aromatic rings. The summed E-state index contributed by atoms with van der Waals surface area (Å²) in [6.45, 7) is 0.255. The van der Waals surface area contributed by atoms with E-state index >= 15 is 0 Å². The van der Waals surface area contributed by atoms with Gasteiger partial charge in [-0.1, -0.05) is 12.5 Å². The number of carbonyl (C=O) groups is 1. The topological polar surface area (TPSA) is 55.8 Å². The molecule has 1 heterocycles. The van der Waals surface area contributed by atoms with Gasteiger partial charge in [-0.05, 0) is 30.5 Å². The van der Waals surface area contributed by atoms with E-state index in [2.05, 4.69) is 0 Å². The second kappa shape index (κ2) is 3.65. The first kappa shape index (κ1) is 10.4. The van der Waals surface area contributed by atoms with Gasteiger partial charge in [0.15, 0.2) is 11.5 Å². The predicted octanol–water partition coefficient (Wildman–Crippen LogP) is 2.31. The number of hydrogen-bond donors (Lipinski definition) is 1. The maximum atomic E-state index is 11.0. The van der Waals surface area contributed by atoms with Gasteiger partial charge in [-0.2, -0.15) is 0 Å². The smallest absolute Gasteiger partial charge is 0.304 e. The molecule has 2 aliphatic rings. The van der Waals surface area contributed by atoms with Gasteiger partial charge in [-0.15, -0.1) is 0 Å². The van der Waals surface area contributed by atoms with Gasteiger partial charge in [-0.3, -0.25) is 4.79 Å². The minimum Gasteiger partial charge on any atom is -0.481 e. The van der Waals surface area contributed by atoms with Crippen molar-refractivity contribution in [3.8, 4) is 11.5 Å². The van der Waals surface area contributed by atoms with Crippen molar-refractivity contribution in [3.05, 3.63) is 23.8 Å². The van der Waals surface area contributed by atoms with E-state index in [9.17, 15) is 4.79 Å². The largest absolute Gasteiger partial charge is 0.481 e. The lowest BCUT2D eigenvalue weighted by Crippen LogP contribution is -2.36. The fourth-order valence-corrected chi connectivity index (χ4v) is 2.69. The Balaban J connectivity index is 1.94. The van der Waals surface area contributed by atoms with Crippen LogP contribution in [0.2, 0.25) is 0 Å². The molecule has 1 fully saturated rings. The molecule has 0 amide bonds. The van der Waals surface area contributed by atoms with E-state index in [4.69, 9.17) is 14.6 Å². The van der Waals surface area contributed by atoms with Crippen molar-refractivity contribution >= 4 is 5.97 Å². The van der Waals surface area contributed by atoms with Gasteiger partial charge in [0.1, 0.15) is 0 Å². The molecule has 1 aromatic carbocycles. The van der Waals surface area contributed by atoms with Crippen LogP contribution in [0.3, 0.4) is 0 Å². The van der Waals surface area contributed by atoms with Crippen molar-refractivity contribution in [2.75, 3.05) is 6.79 Å². The Bertz CT molecular complexity index is 462. The second-order valence-corrected chi connectivity index (χ2v) is 4.77. The number of ether oxygens (including phenoxy) is 2. The summed E-state index contributed by atoms with van der Waals surface area (Å²) in [7, 11) is 0. The average Bonchev–Trinajstić information content (AvgIpc) is 2.69. The van der Waals surface area contributed by atoms with E-state index in [1.807, 2.05) is 18.2 Å². The highest BCUT2D eigenvalue weighted by atomic mass is 16.7. The van der Waals surface area contributed by atoms with Gasteiger partial charge in [-0.25, -0.2) is 0 Å². The van der Waals surface area contributed by atoms with Gasteiger partial charge in [0.05, 0.1) is 6.42 Å². The lowest BCUT2D eigenvalue weighted by Gasteiger charge is -2.41. The molecular formula is C13H14O4. The van der Waals surface area contributed by atoms with Crippen LogP contribution in [0.25, 0.3) is 0 Å². The number of carboxylic acids is 1. The Morgan fingerprint density at radius 3 is 2.71 bits per heavy atom. The summed E-state index contributed by atoms with van der Waals surface area (Å²) in [5.41, 5.74) is 0.878. The van der Waals surface area contributed by atoms with Crippen molar-refractivity contribution in [2.45, 2.75) is 31.1 Å². The number of hydrogen-bond acceptors (Lipinski definition) is 3. The van der Waals surface area contributed by atoms with Crippen LogP contribution < -0.4 is 9.47 Å². The quantitative estimate of drug-likeness (QED) is 0.871. The summed E-state index contributed by atoms with van der Waals surface area (Å²) in [5.74, 6) is 0.750. The summed E-state index contributed by atoms with van der Waals surface area (Å²) < 4.78 is 10.6. The Morgan fingerprint density at radius 1 is 1.29 bits per heavy atom. The molecule has 0 atom stereocenters. The van der Waals surface area contributed by atoms with Gasteiger partial charge in [0.25, 0.3) is 0 Å². The number of benzene rings is 1. The molecule has 0 bridgehead atoms. The van der Waals surface area contributed by atoms with Crippen molar-refractivity contribution in [2.24, 2.45) is 0 Å². The van der Waals surface area contributed by atoms with Gasteiger partial charge < -0.3 is 14.6 Å². The van der Waals surface area contributed by atoms with Crippen LogP contribution in [-0.2, 0) is 10.2 Å². The second-order valence-electron chi connectivity index (χ2n) is 4.77. The van der Waals surface area contributed by atoms with Gasteiger partial charge in [0, 0.05) is 5.41 Å².